The van der Waals surface area contributed by atoms with Crippen molar-refractivity contribution in [1.82, 2.24) is 9.78 Å². The van der Waals surface area contributed by atoms with Gasteiger partial charge in [0.1, 0.15) is 11.6 Å². The van der Waals surface area contributed by atoms with Crippen LogP contribution in [0.25, 0.3) is 0 Å². The lowest BCUT2D eigenvalue weighted by Gasteiger charge is -2.24. The second-order valence-corrected chi connectivity index (χ2v) is 5.49. The molecule has 0 bridgehead atoms. The number of H-pyrrole nitrogens is 1. The molecule has 0 saturated carbocycles. The first-order valence-electron chi connectivity index (χ1n) is 6.87. The SMILES string of the molecule is CC(C)n1[nH]c(=O)c2c1NC(=O)CC2c1ccccc1F. The molecule has 1 aromatic heterocycles. The van der Waals surface area contributed by atoms with Gasteiger partial charge in [0.25, 0.3) is 5.56 Å². The van der Waals surface area contributed by atoms with E-state index < -0.39 is 11.7 Å². The zero-order valence-electron chi connectivity index (χ0n) is 11.8. The smallest absolute Gasteiger partial charge is 0.270 e. The monoisotopic (exact) mass is 289 g/mol. The maximum Gasteiger partial charge on any atom is 0.270 e. The van der Waals surface area contributed by atoms with Crippen molar-refractivity contribution in [2.45, 2.75) is 32.2 Å². The largest absolute Gasteiger partial charge is 0.311 e. The Labute approximate surface area is 120 Å². The molecule has 110 valence electrons. The van der Waals surface area contributed by atoms with Crippen LogP contribution in [0.2, 0.25) is 0 Å². The number of amides is 1. The normalized spacial score (nSPS) is 17.7. The van der Waals surface area contributed by atoms with Crippen molar-refractivity contribution in [3.8, 4) is 0 Å². The van der Waals surface area contributed by atoms with Gasteiger partial charge in [-0.15, -0.1) is 0 Å². The van der Waals surface area contributed by atoms with Crippen LogP contribution >= 0.6 is 0 Å². The number of anilines is 1. The van der Waals surface area contributed by atoms with Crippen molar-refractivity contribution in [3.05, 3.63) is 51.6 Å². The van der Waals surface area contributed by atoms with Crippen LogP contribution in [0.15, 0.2) is 29.1 Å². The number of fused-ring (bicyclic) bond motifs is 1. The number of benzene rings is 1. The number of rotatable bonds is 2. The molecule has 1 aliphatic rings. The summed E-state index contributed by atoms with van der Waals surface area (Å²) >= 11 is 0. The number of halogens is 1. The van der Waals surface area contributed by atoms with E-state index in [1.54, 1.807) is 22.9 Å². The van der Waals surface area contributed by atoms with Crippen LogP contribution in [-0.2, 0) is 4.79 Å². The molecule has 0 saturated heterocycles. The number of nitrogens with zero attached hydrogens (tertiary/aromatic N) is 1. The first-order chi connectivity index (χ1) is 9.99. The van der Waals surface area contributed by atoms with Gasteiger partial charge in [0.15, 0.2) is 0 Å². The van der Waals surface area contributed by atoms with E-state index in [-0.39, 0.29) is 23.9 Å². The lowest BCUT2D eigenvalue weighted by Crippen LogP contribution is -2.27. The summed E-state index contributed by atoms with van der Waals surface area (Å²) in [6.45, 7) is 3.80. The van der Waals surface area contributed by atoms with Gasteiger partial charge in [-0.05, 0) is 25.5 Å². The fraction of sp³-hybridized carbons (Fsp3) is 0.333. The Hall–Kier alpha value is -2.37. The Morgan fingerprint density at radius 1 is 1.29 bits per heavy atom. The van der Waals surface area contributed by atoms with Gasteiger partial charge in [-0.2, -0.15) is 0 Å². The third kappa shape index (κ3) is 2.16. The molecule has 2 N–H and O–H groups in total. The molecule has 0 fully saturated rings. The zero-order chi connectivity index (χ0) is 15.1. The van der Waals surface area contributed by atoms with Crippen molar-refractivity contribution in [1.29, 1.82) is 0 Å². The second kappa shape index (κ2) is 4.87. The zero-order valence-corrected chi connectivity index (χ0v) is 11.8. The highest BCUT2D eigenvalue weighted by Gasteiger charge is 2.34. The van der Waals surface area contributed by atoms with Crippen molar-refractivity contribution in [2.75, 3.05) is 5.32 Å². The van der Waals surface area contributed by atoms with E-state index in [9.17, 15) is 14.0 Å². The highest BCUT2D eigenvalue weighted by Crippen LogP contribution is 2.36. The van der Waals surface area contributed by atoms with Gasteiger partial charge in [-0.3, -0.25) is 19.4 Å². The third-order valence-corrected chi connectivity index (χ3v) is 3.76. The fourth-order valence-corrected chi connectivity index (χ4v) is 2.79. The predicted molar refractivity (Wildman–Crippen MR) is 76.9 cm³/mol. The highest BCUT2D eigenvalue weighted by atomic mass is 19.1. The van der Waals surface area contributed by atoms with Crippen molar-refractivity contribution in [2.24, 2.45) is 0 Å². The molecular formula is C15H16FN3O2. The molecule has 0 radical (unpaired) electrons. The van der Waals surface area contributed by atoms with Crippen LogP contribution in [0.3, 0.4) is 0 Å². The number of aromatic amines is 1. The van der Waals surface area contributed by atoms with Crippen LogP contribution in [0.1, 0.15) is 43.4 Å². The molecule has 2 heterocycles. The average molecular weight is 289 g/mol. The lowest BCUT2D eigenvalue weighted by atomic mass is 9.87. The molecule has 1 atom stereocenters. The quantitative estimate of drug-likeness (QED) is 0.891. The number of nitrogens with one attached hydrogen (secondary N) is 2. The second-order valence-electron chi connectivity index (χ2n) is 5.49. The van der Waals surface area contributed by atoms with E-state index in [4.69, 9.17) is 0 Å². The summed E-state index contributed by atoms with van der Waals surface area (Å²) in [5.41, 5.74) is 0.515. The Morgan fingerprint density at radius 2 is 2.00 bits per heavy atom. The van der Waals surface area contributed by atoms with Crippen LogP contribution < -0.4 is 10.9 Å². The number of hydrogen-bond acceptors (Lipinski definition) is 2. The van der Waals surface area contributed by atoms with Gasteiger partial charge in [-0.25, -0.2) is 4.39 Å². The van der Waals surface area contributed by atoms with E-state index >= 15 is 0 Å². The summed E-state index contributed by atoms with van der Waals surface area (Å²) in [6, 6.07) is 6.25. The first-order valence-corrected chi connectivity index (χ1v) is 6.87. The van der Waals surface area contributed by atoms with Gasteiger partial charge >= 0.3 is 0 Å². The van der Waals surface area contributed by atoms with Crippen LogP contribution in [0.5, 0.6) is 0 Å². The molecule has 1 unspecified atom stereocenters. The Bertz CT molecular complexity index is 761. The Kier molecular flexibility index (Phi) is 3.16. The predicted octanol–water partition coefficient (Wildman–Crippen LogP) is 2.37. The van der Waals surface area contributed by atoms with Crippen LogP contribution in [-0.4, -0.2) is 15.7 Å². The van der Waals surface area contributed by atoms with Gasteiger partial charge in [0.05, 0.1) is 5.56 Å². The molecule has 6 heteroatoms. The summed E-state index contributed by atoms with van der Waals surface area (Å²) in [7, 11) is 0. The van der Waals surface area contributed by atoms with E-state index in [0.717, 1.165) is 0 Å². The molecule has 1 aliphatic heterocycles. The molecule has 2 aromatic rings. The number of hydrogen-bond donors (Lipinski definition) is 2. The molecular weight excluding hydrogens is 273 g/mol. The van der Waals surface area contributed by atoms with Gasteiger partial charge < -0.3 is 5.32 Å². The minimum Gasteiger partial charge on any atom is -0.311 e. The number of aromatic nitrogens is 2. The van der Waals surface area contributed by atoms with Crippen LogP contribution in [0.4, 0.5) is 10.2 Å². The van der Waals surface area contributed by atoms with Gasteiger partial charge in [-0.1, -0.05) is 18.2 Å². The molecule has 1 amide bonds. The summed E-state index contributed by atoms with van der Waals surface area (Å²) in [4.78, 5) is 24.2. The van der Waals surface area contributed by atoms with E-state index in [0.29, 0.717) is 16.9 Å². The van der Waals surface area contributed by atoms with Gasteiger partial charge in [0.2, 0.25) is 5.91 Å². The number of carbonyl (C=O) groups excluding carboxylic acids is 1. The highest BCUT2D eigenvalue weighted by molar-refractivity contribution is 5.94. The van der Waals surface area contributed by atoms with Crippen molar-refractivity contribution < 1.29 is 9.18 Å². The van der Waals surface area contributed by atoms with Crippen molar-refractivity contribution in [3.63, 3.8) is 0 Å². The summed E-state index contributed by atoms with van der Waals surface area (Å²) in [5.74, 6) is -0.734. The molecule has 3 rings (SSSR count). The maximum absolute atomic E-state index is 14.0. The lowest BCUT2D eigenvalue weighted by molar-refractivity contribution is -0.116. The fourth-order valence-electron chi connectivity index (χ4n) is 2.79. The molecule has 21 heavy (non-hydrogen) atoms. The average Bonchev–Trinajstić information content (AvgIpc) is 2.76. The molecule has 0 spiro atoms. The minimum absolute atomic E-state index is 0.0129. The third-order valence-electron chi connectivity index (χ3n) is 3.76. The molecule has 1 aromatic carbocycles. The minimum atomic E-state index is -0.557. The van der Waals surface area contributed by atoms with Gasteiger partial charge in [0, 0.05) is 18.4 Å². The van der Waals surface area contributed by atoms with E-state index in [1.165, 1.54) is 6.07 Å². The standard InChI is InChI=1S/C15H16FN3O2/c1-8(2)19-14-13(15(21)18-19)10(7-12(20)17-14)9-5-3-4-6-11(9)16/h3-6,8,10H,7H2,1-2H3,(H,17,20)(H,18,21). The van der Waals surface area contributed by atoms with E-state index in [1.807, 2.05) is 13.8 Å². The first kappa shape index (κ1) is 13.6. The van der Waals surface area contributed by atoms with Crippen molar-refractivity contribution >= 4 is 11.7 Å². The maximum atomic E-state index is 14.0. The van der Waals surface area contributed by atoms with Crippen LogP contribution in [0, 0.1) is 5.82 Å². The number of carbonyl (C=O) groups is 1. The van der Waals surface area contributed by atoms with E-state index in [2.05, 4.69) is 10.4 Å². The summed E-state index contributed by atoms with van der Waals surface area (Å²) < 4.78 is 15.7. The summed E-state index contributed by atoms with van der Waals surface area (Å²) in [5, 5.41) is 5.44. The topological polar surface area (TPSA) is 66.9 Å². The Morgan fingerprint density at radius 3 is 2.67 bits per heavy atom. The Balaban J connectivity index is 2.21. The summed E-state index contributed by atoms with van der Waals surface area (Å²) in [6.07, 6.45) is 0.0686. The molecule has 5 nitrogen and oxygen atoms in total. The molecule has 0 aliphatic carbocycles.